The van der Waals surface area contributed by atoms with Crippen LogP contribution in [0.2, 0.25) is 0 Å². The summed E-state index contributed by atoms with van der Waals surface area (Å²) in [6.07, 6.45) is -2.79. The Bertz CT molecular complexity index is 1060. The fraction of sp³-hybridized carbons (Fsp3) is 0.381. The number of aliphatic hydroxyl groups is 1. The first-order valence-electron chi connectivity index (χ1n) is 10.0. The average Bonchev–Trinajstić information content (AvgIpc) is 3.22. The van der Waals surface area contributed by atoms with Crippen LogP contribution in [0.5, 0.6) is 5.75 Å². The second kappa shape index (κ2) is 10.6. The summed E-state index contributed by atoms with van der Waals surface area (Å²) < 4.78 is 53.4. The Morgan fingerprint density at radius 1 is 1.28 bits per heavy atom. The van der Waals surface area contributed by atoms with Crippen molar-refractivity contribution < 1.29 is 27.5 Å². The maximum Gasteiger partial charge on any atom is 0.437 e. The highest BCUT2D eigenvalue weighted by molar-refractivity contribution is 14.1. The van der Waals surface area contributed by atoms with Crippen molar-refractivity contribution in [3.63, 3.8) is 0 Å². The molecule has 0 amide bonds. The summed E-state index contributed by atoms with van der Waals surface area (Å²) in [7, 11) is 0. The predicted molar refractivity (Wildman–Crippen MR) is 125 cm³/mol. The van der Waals surface area contributed by atoms with E-state index < -0.39 is 11.9 Å². The molecule has 32 heavy (non-hydrogen) atoms. The van der Waals surface area contributed by atoms with Gasteiger partial charge in [-0.3, -0.25) is 0 Å². The number of fused-ring (bicyclic) bond motifs is 1. The summed E-state index contributed by atoms with van der Waals surface area (Å²) >= 11 is 2.00. The van der Waals surface area contributed by atoms with E-state index in [1.165, 1.54) is 12.1 Å². The van der Waals surface area contributed by atoms with Gasteiger partial charge in [-0.2, -0.15) is 13.2 Å². The molecule has 0 aliphatic carbocycles. The number of hydrazine groups is 1. The Kier molecular flexibility index (Phi) is 8.06. The standard InChI is InChI=1S/C21H24F3IN4O3/c1-2-4-14-18(8-6-15-19(14)32-28-20(15)21(22,23)24)31-10-3-9-29(26)17-7-5-13(12-30)11-16(17)27-25/h5-8,11,27,30H,2-4,9-10,12,26H2,1H3. The van der Waals surface area contributed by atoms with Crippen molar-refractivity contribution in [2.45, 2.75) is 39.0 Å². The highest BCUT2D eigenvalue weighted by Gasteiger charge is 2.37. The SMILES string of the molecule is CCCc1c(OCCCN(N)c2ccc(CO)cc2NI)ccc2c(C(F)(F)F)noc12. The summed E-state index contributed by atoms with van der Waals surface area (Å²) in [6.45, 7) is 2.66. The minimum atomic E-state index is -4.58. The number of ether oxygens (including phenoxy) is 1. The molecule has 3 rings (SSSR count). The zero-order valence-electron chi connectivity index (χ0n) is 17.4. The fourth-order valence-electron chi connectivity index (χ4n) is 3.41. The molecule has 7 nitrogen and oxygen atoms in total. The van der Waals surface area contributed by atoms with Crippen LogP contribution in [0.3, 0.4) is 0 Å². The van der Waals surface area contributed by atoms with Gasteiger partial charge in [-0.1, -0.05) is 24.6 Å². The number of aryl methyl sites for hydroxylation is 1. The fourth-order valence-corrected chi connectivity index (χ4v) is 3.84. The largest absolute Gasteiger partial charge is 0.493 e. The van der Waals surface area contributed by atoms with Crippen LogP contribution >= 0.6 is 22.9 Å². The molecule has 1 aromatic heterocycles. The van der Waals surface area contributed by atoms with Gasteiger partial charge in [0, 0.05) is 18.5 Å². The summed E-state index contributed by atoms with van der Waals surface area (Å²) in [6, 6.07) is 8.30. The molecule has 0 aliphatic rings. The Labute approximate surface area is 197 Å². The molecule has 0 atom stereocenters. The molecular weight excluding hydrogens is 540 g/mol. The Hall–Kier alpha value is -2.25. The van der Waals surface area contributed by atoms with Gasteiger partial charge in [-0.25, -0.2) is 5.84 Å². The topological polar surface area (TPSA) is 96.8 Å². The monoisotopic (exact) mass is 564 g/mol. The van der Waals surface area contributed by atoms with Crippen molar-refractivity contribution in [3.8, 4) is 5.75 Å². The highest BCUT2D eigenvalue weighted by Crippen LogP contribution is 2.38. The van der Waals surface area contributed by atoms with Crippen molar-refractivity contribution >= 4 is 45.2 Å². The summed E-state index contributed by atoms with van der Waals surface area (Å²) in [5.74, 6) is 6.66. The average molecular weight is 564 g/mol. The van der Waals surface area contributed by atoms with E-state index in [1.54, 1.807) is 11.1 Å². The van der Waals surface area contributed by atoms with E-state index in [1.807, 2.05) is 41.9 Å². The third-order valence-electron chi connectivity index (χ3n) is 4.93. The van der Waals surface area contributed by atoms with E-state index in [0.29, 0.717) is 43.7 Å². The van der Waals surface area contributed by atoms with Crippen molar-refractivity contribution in [2.24, 2.45) is 5.84 Å². The normalized spacial score (nSPS) is 11.7. The second-order valence-corrected chi connectivity index (χ2v) is 7.74. The van der Waals surface area contributed by atoms with Crippen LogP contribution in [0, 0.1) is 0 Å². The molecule has 174 valence electrons. The molecular formula is C21H24F3IN4O3. The molecule has 0 radical (unpaired) electrons. The highest BCUT2D eigenvalue weighted by atomic mass is 127. The first-order valence-corrected chi connectivity index (χ1v) is 11.1. The maximum atomic E-state index is 13.1. The van der Waals surface area contributed by atoms with Crippen molar-refractivity contribution in [3.05, 3.63) is 47.2 Å². The van der Waals surface area contributed by atoms with Crippen molar-refractivity contribution in [2.75, 3.05) is 21.7 Å². The lowest BCUT2D eigenvalue weighted by atomic mass is 10.0. The molecule has 1 heterocycles. The third-order valence-corrected chi connectivity index (χ3v) is 5.51. The molecule has 0 saturated carbocycles. The smallest absolute Gasteiger partial charge is 0.437 e. The van der Waals surface area contributed by atoms with E-state index >= 15 is 0 Å². The van der Waals surface area contributed by atoms with Crippen molar-refractivity contribution in [1.29, 1.82) is 0 Å². The van der Waals surface area contributed by atoms with Gasteiger partial charge in [0.05, 0.1) is 52.8 Å². The number of rotatable bonds is 10. The van der Waals surface area contributed by atoms with Crippen LogP contribution in [0.25, 0.3) is 11.0 Å². The van der Waals surface area contributed by atoms with E-state index in [0.717, 1.165) is 16.9 Å². The molecule has 0 bridgehead atoms. The lowest BCUT2D eigenvalue weighted by Gasteiger charge is -2.22. The number of nitrogens with two attached hydrogens (primary N) is 1. The first-order chi connectivity index (χ1) is 15.3. The number of aromatic nitrogens is 1. The molecule has 11 heteroatoms. The first kappa shape index (κ1) is 24.4. The lowest BCUT2D eigenvalue weighted by molar-refractivity contribution is -0.141. The molecule has 0 spiro atoms. The summed E-state index contributed by atoms with van der Waals surface area (Å²) in [5, 5.41) is 14.0. The maximum absolute atomic E-state index is 13.1. The van der Waals surface area contributed by atoms with Crippen LogP contribution < -0.4 is 19.1 Å². The van der Waals surface area contributed by atoms with Crippen molar-refractivity contribution in [1.82, 2.24) is 5.16 Å². The van der Waals surface area contributed by atoms with Gasteiger partial charge >= 0.3 is 6.18 Å². The van der Waals surface area contributed by atoms with Crippen LogP contribution in [0.4, 0.5) is 24.5 Å². The number of aliphatic hydroxyl groups excluding tert-OH is 1. The summed E-state index contributed by atoms with van der Waals surface area (Å²) in [4.78, 5) is 0. The van der Waals surface area contributed by atoms with E-state index in [2.05, 4.69) is 8.69 Å². The molecule has 0 unspecified atom stereocenters. The quantitative estimate of drug-likeness (QED) is 0.102. The van der Waals surface area contributed by atoms with E-state index in [-0.39, 0.29) is 17.6 Å². The zero-order chi connectivity index (χ0) is 23.3. The molecule has 0 fully saturated rings. The van der Waals surface area contributed by atoms with Gasteiger partial charge in [-0.15, -0.1) is 0 Å². The third kappa shape index (κ3) is 5.38. The van der Waals surface area contributed by atoms with Gasteiger partial charge in [0.2, 0.25) is 0 Å². The molecule has 0 saturated heterocycles. The van der Waals surface area contributed by atoms with Gasteiger partial charge in [-0.05, 0) is 36.2 Å². The number of hydrogen-bond acceptors (Lipinski definition) is 7. The van der Waals surface area contributed by atoms with Crippen LogP contribution in [-0.4, -0.2) is 23.4 Å². The number of anilines is 2. The number of halogens is 4. The van der Waals surface area contributed by atoms with Crippen LogP contribution in [-0.2, 0) is 19.2 Å². The van der Waals surface area contributed by atoms with Gasteiger partial charge in [0.15, 0.2) is 11.3 Å². The minimum Gasteiger partial charge on any atom is -0.493 e. The number of nitrogens with one attached hydrogen (secondary N) is 1. The summed E-state index contributed by atoms with van der Waals surface area (Å²) in [5.41, 5.74) is 1.98. The van der Waals surface area contributed by atoms with Gasteiger partial charge in [0.25, 0.3) is 0 Å². The number of nitrogens with zero attached hydrogens (tertiary/aromatic N) is 2. The van der Waals surface area contributed by atoms with Crippen LogP contribution in [0.15, 0.2) is 34.9 Å². The van der Waals surface area contributed by atoms with E-state index in [4.69, 9.17) is 15.1 Å². The number of hydrogen-bond donors (Lipinski definition) is 3. The molecule has 3 aromatic rings. The van der Waals surface area contributed by atoms with Crippen LogP contribution in [0.1, 0.15) is 36.6 Å². The molecule has 0 aliphatic heterocycles. The second-order valence-electron chi connectivity index (χ2n) is 7.20. The molecule has 4 N–H and O–H groups in total. The lowest BCUT2D eigenvalue weighted by Crippen LogP contribution is -2.33. The van der Waals surface area contributed by atoms with Gasteiger partial charge in [0.1, 0.15) is 5.75 Å². The zero-order valence-corrected chi connectivity index (χ0v) is 19.5. The van der Waals surface area contributed by atoms with Gasteiger partial charge < -0.3 is 22.9 Å². The van der Waals surface area contributed by atoms with E-state index in [9.17, 15) is 18.3 Å². The Morgan fingerprint density at radius 3 is 2.72 bits per heavy atom. The molecule has 2 aromatic carbocycles. The Morgan fingerprint density at radius 2 is 2.06 bits per heavy atom. The predicted octanol–water partition coefficient (Wildman–Crippen LogP) is 5.20. The Balaban J connectivity index is 1.68. The number of benzene rings is 2. The number of alkyl halides is 3. The minimum absolute atomic E-state index is 0.0633.